The zero-order valence-electron chi connectivity index (χ0n) is 7.73. The molecule has 0 saturated heterocycles. The first kappa shape index (κ1) is 9.30. The van der Waals surface area contributed by atoms with Gasteiger partial charge in [0.15, 0.2) is 0 Å². The molecule has 1 aliphatic rings. The standard InChI is InChI=1S/C10H13NO3/c11-8-1-2-14-9-4-7(13)3-6(5-12)10(8)9/h3-4,8,12-13H,1-2,5,11H2/t8-/m0/s1. The molecule has 76 valence electrons. The number of phenolic OH excluding ortho intramolecular Hbond substituents is 1. The third-order valence-corrected chi connectivity index (χ3v) is 2.44. The van der Waals surface area contributed by atoms with Gasteiger partial charge in [0.1, 0.15) is 11.5 Å². The molecule has 4 N–H and O–H groups in total. The molecule has 0 bridgehead atoms. The van der Waals surface area contributed by atoms with Crippen molar-refractivity contribution in [2.45, 2.75) is 19.1 Å². The maximum atomic E-state index is 9.35. The lowest BCUT2D eigenvalue weighted by Gasteiger charge is -2.25. The highest BCUT2D eigenvalue weighted by Gasteiger charge is 2.22. The number of fused-ring (bicyclic) bond motifs is 1. The number of aliphatic hydroxyl groups excluding tert-OH is 1. The van der Waals surface area contributed by atoms with Crippen molar-refractivity contribution in [3.63, 3.8) is 0 Å². The highest BCUT2D eigenvalue weighted by atomic mass is 16.5. The molecule has 4 nitrogen and oxygen atoms in total. The van der Waals surface area contributed by atoms with Crippen LogP contribution >= 0.6 is 0 Å². The number of hydrogen-bond acceptors (Lipinski definition) is 4. The fourth-order valence-corrected chi connectivity index (χ4v) is 1.78. The second kappa shape index (κ2) is 3.48. The molecular formula is C10H13NO3. The molecule has 0 aromatic heterocycles. The first-order valence-electron chi connectivity index (χ1n) is 4.57. The van der Waals surface area contributed by atoms with Crippen LogP contribution in [0.4, 0.5) is 0 Å². The second-order valence-corrected chi connectivity index (χ2v) is 3.42. The van der Waals surface area contributed by atoms with Gasteiger partial charge in [-0.25, -0.2) is 0 Å². The van der Waals surface area contributed by atoms with Gasteiger partial charge in [0.05, 0.1) is 13.2 Å². The van der Waals surface area contributed by atoms with Crippen LogP contribution < -0.4 is 10.5 Å². The Labute approximate surface area is 81.9 Å². The van der Waals surface area contributed by atoms with Crippen LogP contribution in [0.3, 0.4) is 0 Å². The number of phenols is 1. The van der Waals surface area contributed by atoms with E-state index >= 15 is 0 Å². The zero-order chi connectivity index (χ0) is 10.1. The molecule has 14 heavy (non-hydrogen) atoms. The summed E-state index contributed by atoms with van der Waals surface area (Å²) < 4.78 is 5.37. The lowest BCUT2D eigenvalue weighted by molar-refractivity contribution is 0.252. The van der Waals surface area contributed by atoms with Gasteiger partial charge in [0.2, 0.25) is 0 Å². The smallest absolute Gasteiger partial charge is 0.128 e. The number of aliphatic hydroxyl groups is 1. The Balaban J connectivity index is 2.55. The minimum atomic E-state index is -0.131. The van der Waals surface area contributed by atoms with E-state index in [0.717, 1.165) is 12.0 Å². The summed E-state index contributed by atoms with van der Waals surface area (Å²) in [5.41, 5.74) is 7.36. The molecule has 0 radical (unpaired) electrons. The summed E-state index contributed by atoms with van der Waals surface area (Å²) in [6, 6.07) is 2.95. The van der Waals surface area contributed by atoms with E-state index in [1.54, 1.807) is 0 Å². The van der Waals surface area contributed by atoms with E-state index in [2.05, 4.69) is 0 Å². The van der Waals surface area contributed by atoms with Gasteiger partial charge in [0.25, 0.3) is 0 Å². The molecule has 0 saturated carbocycles. The molecule has 0 aliphatic carbocycles. The summed E-state index contributed by atoms with van der Waals surface area (Å²) >= 11 is 0. The molecule has 0 fully saturated rings. The van der Waals surface area contributed by atoms with Crippen LogP contribution in [0.15, 0.2) is 12.1 Å². The summed E-state index contributed by atoms with van der Waals surface area (Å²) in [5, 5.41) is 18.5. The van der Waals surface area contributed by atoms with E-state index in [9.17, 15) is 5.11 Å². The van der Waals surface area contributed by atoms with Crippen molar-refractivity contribution in [3.8, 4) is 11.5 Å². The number of hydrogen-bond donors (Lipinski definition) is 3. The minimum Gasteiger partial charge on any atom is -0.508 e. The second-order valence-electron chi connectivity index (χ2n) is 3.42. The van der Waals surface area contributed by atoms with Gasteiger partial charge < -0.3 is 20.7 Å². The number of benzene rings is 1. The van der Waals surface area contributed by atoms with Crippen LogP contribution in [-0.2, 0) is 6.61 Å². The van der Waals surface area contributed by atoms with Gasteiger partial charge in [0, 0.05) is 24.1 Å². The maximum absolute atomic E-state index is 9.35. The molecule has 0 spiro atoms. The van der Waals surface area contributed by atoms with E-state index < -0.39 is 0 Å². The van der Waals surface area contributed by atoms with Crippen molar-refractivity contribution in [2.24, 2.45) is 5.73 Å². The lowest BCUT2D eigenvalue weighted by Crippen LogP contribution is -2.22. The first-order chi connectivity index (χ1) is 6.72. The monoisotopic (exact) mass is 195 g/mol. The molecule has 0 unspecified atom stereocenters. The third-order valence-electron chi connectivity index (χ3n) is 2.44. The Morgan fingerprint density at radius 3 is 3.00 bits per heavy atom. The van der Waals surface area contributed by atoms with Crippen LogP contribution in [-0.4, -0.2) is 16.8 Å². The minimum absolute atomic E-state index is 0.0990. The van der Waals surface area contributed by atoms with Crippen molar-refractivity contribution >= 4 is 0 Å². The van der Waals surface area contributed by atoms with Crippen LogP contribution in [0.5, 0.6) is 11.5 Å². The number of aromatic hydroxyl groups is 1. The summed E-state index contributed by atoms with van der Waals surface area (Å²) in [6.07, 6.45) is 0.741. The third kappa shape index (κ3) is 1.42. The number of nitrogens with two attached hydrogens (primary N) is 1. The van der Waals surface area contributed by atoms with E-state index in [4.69, 9.17) is 15.6 Å². The summed E-state index contributed by atoms with van der Waals surface area (Å²) in [5.74, 6) is 0.690. The first-order valence-corrected chi connectivity index (χ1v) is 4.57. The SMILES string of the molecule is N[C@H]1CCOc2cc(O)cc(CO)c21. The Morgan fingerprint density at radius 2 is 2.29 bits per heavy atom. The molecule has 4 heteroatoms. The Kier molecular flexibility index (Phi) is 2.31. The van der Waals surface area contributed by atoms with Crippen LogP contribution in [0.25, 0.3) is 0 Å². The van der Waals surface area contributed by atoms with Gasteiger partial charge >= 0.3 is 0 Å². The lowest BCUT2D eigenvalue weighted by atomic mass is 9.96. The van der Waals surface area contributed by atoms with Gasteiger partial charge in [-0.15, -0.1) is 0 Å². The highest BCUT2D eigenvalue weighted by Crippen LogP contribution is 2.36. The normalized spacial score (nSPS) is 20.0. The van der Waals surface area contributed by atoms with Crippen molar-refractivity contribution in [2.75, 3.05) is 6.61 Å². The molecule has 1 aromatic rings. The average molecular weight is 195 g/mol. The van der Waals surface area contributed by atoms with Crippen LogP contribution in [0, 0.1) is 0 Å². The molecule has 2 rings (SSSR count). The highest BCUT2D eigenvalue weighted by molar-refractivity contribution is 5.48. The van der Waals surface area contributed by atoms with E-state index in [-0.39, 0.29) is 18.4 Å². The topological polar surface area (TPSA) is 75.7 Å². The molecule has 1 aromatic carbocycles. The van der Waals surface area contributed by atoms with Gasteiger partial charge in [-0.1, -0.05) is 0 Å². The number of rotatable bonds is 1. The summed E-state index contributed by atoms with van der Waals surface area (Å²) in [6.45, 7) is 0.427. The summed E-state index contributed by atoms with van der Waals surface area (Å²) in [7, 11) is 0. The van der Waals surface area contributed by atoms with E-state index in [0.29, 0.717) is 17.9 Å². The van der Waals surface area contributed by atoms with Crippen LogP contribution in [0.1, 0.15) is 23.6 Å². The maximum Gasteiger partial charge on any atom is 0.128 e. The van der Waals surface area contributed by atoms with Crippen molar-refractivity contribution < 1.29 is 14.9 Å². The van der Waals surface area contributed by atoms with Crippen molar-refractivity contribution in [1.29, 1.82) is 0 Å². The molecule has 1 aliphatic heterocycles. The van der Waals surface area contributed by atoms with Gasteiger partial charge in [-0.3, -0.25) is 0 Å². The fourth-order valence-electron chi connectivity index (χ4n) is 1.78. The van der Waals surface area contributed by atoms with Crippen molar-refractivity contribution in [3.05, 3.63) is 23.3 Å². The zero-order valence-corrected chi connectivity index (χ0v) is 7.73. The Morgan fingerprint density at radius 1 is 1.50 bits per heavy atom. The Hall–Kier alpha value is -1.26. The van der Waals surface area contributed by atoms with Crippen molar-refractivity contribution in [1.82, 2.24) is 0 Å². The predicted octanol–water partition coefficient (Wildman–Crippen LogP) is 0.667. The molecule has 1 atom stereocenters. The molecule has 0 amide bonds. The number of ether oxygens (including phenoxy) is 1. The van der Waals surface area contributed by atoms with Crippen LogP contribution in [0.2, 0.25) is 0 Å². The fraction of sp³-hybridized carbons (Fsp3) is 0.400. The van der Waals surface area contributed by atoms with E-state index in [1.807, 2.05) is 0 Å². The largest absolute Gasteiger partial charge is 0.508 e. The molecular weight excluding hydrogens is 182 g/mol. The quantitative estimate of drug-likeness (QED) is 0.615. The average Bonchev–Trinajstić information content (AvgIpc) is 2.16. The van der Waals surface area contributed by atoms with Gasteiger partial charge in [-0.2, -0.15) is 0 Å². The summed E-state index contributed by atoms with van der Waals surface area (Å²) in [4.78, 5) is 0. The Bertz CT molecular complexity index is 334. The predicted molar refractivity (Wildman–Crippen MR) is 51.1 cm³/mol. The van der Waals surface area contributed by atoms with E-state index in [1.165, 1.54) is 12.1 Å². The van der Waals surface area contributed by atoms with Gasteiger partial charge in [-0.05, 0) is 11.6 Å². The molecule has 1 heterocycles.